The van der Waals surface area contributed by atoms with Crippen LogP contribution in [0.25, 0.3) is 0 Å². The Morgan fingerprint density at radius 3 is 2.17 bits per heavy atom. The minimum absolute atomic E-state index is 0.0335. The summed E-state index contributed by atoms with van der Waals surface area (Å²) in [5.74, 6) is -0.772. The number of likely N-dealkylation sites (tertiary alicyclic amines) is 1. The van der Waals surface area contributed by atoms with Crippen LogP contribution in [0.2, 0.25) is 0 Å². The summed E-state index contributed by atoms with van der Waals surface area (Å²) in [6.07, 6.45) is 12.0. The summed E-state index contributed by atoms with van der Waals surface area (Å²) in [7, 11) is 0. The maximum Gasteiger partial charge on any atom is 0.256 e. The van der Waals surface area contributed by atoms with Gasteiger partial charge in [-0.2, -0.15) is 0 Å². The topological polar surface area (TPSA) is 83.4 Å². The highest BCUT2D eigenvalue weighted by Crippen LogP contribution is 2.17. The van der Waals surface area contributed by atoms with Gasteiger partial charge in [0.15, 0.2) is 0 Å². The van der Waals surface area contributed by atoms with Crippen LogP contribution in [0.15, 0.2) is 17.2 Å². The molecule has 0 aromatic carbocycles. The van der Waals surface area contributed by atoms with Gasteiger partial charge < -0.3 is 20.1 Å². The molecule has 0 unspecified atom stereocenters. The minimum atomic E-state index is -0.489. The quantitative estimate of drug-likeness (QED) is 0.670. The van der Waals surface area contributed by atoms with E-state index in [2.05, 4.69) is 15.5 Å². The third-order valence-electron chi connectivity index (χ3n) is 6.23. The lowest BCUT2D eigenvalue weighted by Crippen LogP contribution is -2.40. The fourth-order valence-corrected chi connectivity index (χ4v) is 4.34. The van der Waals surface area contributed by atoms with E-state index in [4.69, 9.17) is 0 Å². The number of aromatic nitrogens is 1. The SMILES string of the molecule is CC(C)n1cc(C(=O)NCCN2CCCC2)c(=O)c(C(=O)NC2CCCCCC2)c1. The standard InChI is InChI=1S/C23H36N4O3/c1-17(2)27-15-19(22(29)24-11-14-26-12-7-8-13-26)21(28)20(16-27)23(30)25-18-9-5-3-4-6-10-18/h15-18H,3-14H2,1-2H3,(H,24,29)(H,25,30). The van der Waals surface area contributed by atoms with E-state index in [1.165, 1.54) is 25.7 Å². The molecule has 7 heteroatoms. The van der Waals surface area contributed by atoms with E-state index in [0.29, 0.717) is 6.54 Å². The maximum absolute atomic E-state index is 13.0. The molecule has 30 heavy (non-hydrogen) atoms. The highest BCUT2D eigenvalue weighted by molar-refractivity contribution is 5.99. The number of nitrogens with zero attached hydrogens (tertiary/aromatic N) is 2. The Balaban J connectivity index is 1.73. The van der Waals surface area contributed by atoms with E-state index >= 15 is 0 Å². The molecular formula is C23H36N4O3. The number of hydrogen-bond donors (Lipinski definition) is 2. The summed E-state index contributed by atoms with van der Waals surface area (Å²) < 4.78 is 1.78. The second-order valence-electron chi connectivity index (χ2n) is 8.92. The van der Waals surface area contributed by atoms with Crippen LogP contribution < -0.4 is 16.1 Å². The first kappa shape index (κ1) is 22.5. The number of carbonyl (C=O) groups is 2. The monoisotopic (exact) mass is 416 g/mol. The molecule has 1 saturated heterocycles. The largest absolute Gasteiger partial charge is 0.351 e. The van der Waals surface area contributed by atoms with Crippen LogP contribution in [0.5, 0.6) is 0 Å². The molecule has 0 atom stereocenters. The smallest absolute Gasteiger partial charge is 0.256 e. The molecule has 1 aliphatic heterocycles. The maximum atomic E-state index is 13.0. The van der Waals surface area contributed by atoms with Crippen molar-refractivity contribution < 1.29 is 9.59 Å². The summed E-state index contributed by atoms with van der Waals surface area (Å²) in [6.45, 7) is 7.34. The van der Waals surface area contributed by atoms with Gasteiger partial charge in [-0.1, -0.05) is 25.7 Å². The Hall–Kier alpha value is -2.15. The van der Waals surface area contributed by atoms with Gasteiger partial charge in [-0.3, -0.25) is 14.4 Å². The molecule has 2 fully saturated rings. The molecule has 0 bridgehead atoms. The number of amides is 2. The predicted molar refractivity (Wildman–Crippen MR) is 118 cm³/mol. The van der Waals surface area contributed by atoms with Crippen molar-refractivity contribution in [3.05, 3.63) is 33.7 Å². The first-order valence-corrected chi connectivity index (χ1v) is 11.5. The number of pyridine rings is 1. The number of nitrogens with one attached hydrogen (secondary N) is 2. The molecule has 2 amide bonds. The van der Waals surface area contributed by atoms with E-state index < -0.39 is 11.3 Å². The molecule has 2 aliphatic rings. The van der Waals surface area contributed by atoms with Gasteiger partial charge in [-0.05, 0) is 52.6 Å². The predicted octanol–water partition coefficient (Wildman–Crippen LogP) is 2.71. The molecular weight excluding hydrogens is 380 g/mol. The summed E-state index contributed by atoms with van der Waals surface area (Å²) in [5, 5.41) is 5.90. The van der Waals surface area contributed by atoms with Gasteiger partial charge in [-0.15, -0.1) is 0 Å². The molecule has 3 rings (SSSR count). The van der Waals surface area contributed by atoms with Gasteiger partial charge >= 0.3 is 0 Å². The number of hydrogen-bond acceptors (Lipinski definition) is 4. The highest BCUT2D eigenvalue weighted by atomic mass is 16.2. The van der Waals surface area contributed by atoms with Gasteiger partial charge in [0.25, 0.3) is 11.8 Å². The van der Waals surface area contributed by atoms with Crippen molar-refractivity contribution in [2.75, 3.05) is 26.2 Å². The Morgan fingerprint density at radius 2 is 1.57 bits per heavy atom. The van der Waals surface area contributed by atoms with Gasteiger partial charge in [-0.25, -0.2) is 0 Å². The number of carbonyl (C=O) groups excluding carboxylic acids is 2. The van der Waals surface area contributed by atoms with Crippen LogP contribution in [-0.4, -0.2) is 53.5 Å². The van der Waals surface area contributed by atoms with Crippen LogP contribution in [0.4, 0.5) is 0 Å². The zero-order valence-corrected chi connectivity index (χ0v) is 18.4. The van der Waals surface area contributed by atoms with Crippen LogP contribution in [0.3, 0.4) is 0 Å². The van der Waals surface area contributed by atoms with Crippen LogP contribution >= 0.6 is 0 Å². The van der Waals surface area contributed by atoms with Gasteiger partial charge in [0.1, 0.15) is 11.1 Å². The lowest BCUT2D eigenvalue weighted by Gasteiger charge is -2.19. The molecule has 1 aromatic rings. The number of rotatable bonds is 7. The molecule has 2 heterocycles. The second-order valence-corrected chi connectivity index (χ2v) is 8.92. The second kappa shape index (κ2) is 10.8. The fourth-order valence-electron chi connectivity index (χ4n) is 4.34. The normalized spacial score (nSPS) is 18.4. The van der Waals surface area contributed by atoms with Gasteiger partial charge in [0.05, 0.1) is 0 Å². The third kappa shape index (κ3) is 5.94. The third-order valence-corrected chi connectivity index (χ3v) is 6.23. The Bertz CT molecular complexity index is 788. The molecule has 1 aliphatic carbocycles. The van der Waals surface area contributed by atoms with Gasteiger partial charge in [0.2, 0.25) is 5.43 Å². The average Bonchev–Trinajstić information content (AvgIpc) is 3.10. The lowest BCUT2D eigenvalue weighted by molar-refractivity contribution is 0.0931. The Labute approximate surface area is 179 Å². The summed E-state index contributed by atoms with van der Waals surface area (Å²) >= 11 is 0. The zero-order chi connectivity index (χ0) is 21.5. The minimum Gasteiger partial charge on any atom is -0.351 e. The van der Waals surface area contributed by atoms with Crippen molar-refractivity contribution in [3.8, 4) is 0 Å². The summed E-state index contributed by atoms with van der Waals surface area (Å²) in [6, 6.07) is 0.135. The molecule has 0 radical (unpaired) electrons. The van der Waals surface area contributed by atoms with Crippen molar-refractivity contribution in [1.29, 1.82) is 0 Å². The van der Waals surface area contributed by atoms with E-state index in [0.717, 1.165) is 45.3 Å². The highest BCUT2D eigenvalue weighted by Gasteiger charge is 2.22. The first-order valence-electron chi connectivity index (χ1n) is 11.5. The van der Waals surface area contributed by atoms with Crippen molar-refractivity contribution in [3.63, 3.8) is 0 Å². The molecule has 0 spiro atoms. The molecule has 7 nitrogen and oxygen atoms in total. The van der Waals surface area contributed by atoms with E-state index in [9.17, 15) is 14.4 Å². The molecule has 1 saturated carbocycles. The van der Waals surface area contributed by atoms with E-state index in [1.54, 1.807) is 17.0 Å². The molecule has 166 valence electrons. The summed E-state index contributed by atoms with van der Waals surface area (Å²) in [5.41, 5.74) is -0.393. The van der Waals surface area contributed by atoms with E-state index in [-0.39, 0.29) is 29.1 Å². The zero-order valence-electron chi connectivity index (χ0n) is 18.4. The van der Waals surface area contributed by atoms with Crippen LogP contribution in [-0.2, 0) is 0 Å². The van der Waals surface area contributed by atoms with E-state index in [1.807, 2.05) is 13.8 Å². The summed E-state index contributed by atoms with van der Waals surface area (Å²) in [4.78, 5) is 41.0. The van der Waals surface area contributed by atoms with Crippen LogP contribution in [0.1, 0.15) is 92.0 Å². The van der Waals surface area contributed by atoms with Gasteiger partial charge in [0, 0.05) is 37.6 Å². The lowest BCUT2D eigenvalue weighted by atomic mass is 10.1. The fraction of sp³-hybridized carbons (Fsp3) is 0.696. The Morgan fingerprint density at radius 1 is 0.967 bits per heavy atom. The van der Waals surface area contributed by atoms with Crippen molar-refractivity contribution in [1.82, 2.24) is 20.1 Å². The van der Waals surface area contributed by atoms with Crippen molar-refractivity contribution in [2.45, 2.75) is 77.3 Å². The van der Waals surface area contributed by atoms with Crippen molar-refractivity contribution in [2.24, 2.45) is 0 Å². The van der Waals surface area contributed by atoms with Crippen molar-refractivity contribution >= 4 is 11.8 Å². The van der Waals surface area contributed by atoms with Crippen LogP contribution in [0, 0.1) is 0 Å². The molecule has 1 aromatic heterocycles. The average molecular weight is 417 g/mol. The first-order chi connectivity index (χ1) is 14.5. The Kier molecular flexibility index (Phi) is 8.08. The molecule has 2 N–H and O–H groups in total.